The molecule has 1 atom stereocenters. The molecule has 32 heavy (non-hydrogen) atoms. The molecule has 1 unspecified atom stereocenters. The van der Waals surface area contributed by atoms with Gasteiger partial charge in [-0.05, 0) is 35.9 Å². The van der Waals surface area contributed by atoms with E-state index in [1.807, 2.05) is 0 Å². The molecule has 3 N–H and O–H groups in total. The van der Waals surface area contributed by atoms with E-state index in [2.05, 4.69) is 20.6 Å². The second kappa shape index (κ2) is 9.09. The molecule has 2 heterocycles. The molecule has 0 radical (unpaired) electrons. The van der Waals surface area contributed by atoms with Crippen LogP contribution in [0.25, 0.3) is 0 Å². The summed E-state index contributed by atoms with van der Waals surface area (Å²) in [6, 6.07) is 9.54. The van der Waals surface area contributed by atoms with Crippen LogP contribution < -0.4 is 16.2 Å². The van der Waals surface area contributed by atoms with Gasteiger partial charge in [0.25, 0.3) is 5.56 Å². The standard InChI is InChI=1S/C21H15ClF2N4O3S/c22-14-7-12(5-6-15(14)24)25-19(30)13-8-16(29)26-18-17(13)20(31)28-21(27-18)32-9-10-1-3-11(23)4-2-10/h1-7,13H,8-9H2,(H,25,30)(H2,26,27,28,29,31). The summed E-state index contributed by atoms with van der Waals surface area (Å²) in [5.74, 6) is -2.76. The van der Waals surface area contributed by atoms with Gasteiger partial charge < -0.3 is 15.6 Å². The van der Waals surface area contributed by atoms with Gasteiger partial charge >= 0.3 is 0 Å². The molecular formula is C21H15ClF2N4O3S. The maximum Gasteiger partial charge on any atom is 0.257 e. The number of hydrogen-bond donors (Lipinski definition) is 3. The molecular weight excluding hydrogens is 462 g/mol. The van der Waals surface area contributed by atoms with Gasteiger partial charge in [0.05, 0.1) is 16.5 Å². The van der Waals surface area contributed by atoms with Crippen LogP contribution in [0.3, 0.4) is 0 Å². The number of thioether (sulfide) groups is 1. The minimum atomic E-state index is -1.09. The number of aromatic amines is 1. The Balaban J connectivity index is 1.56. The largest absolute Gasteiger partial charge is 0.325 e. The molecule has 2 aromatic carbocycles. The predicted molar refractivity (Wildman–Crippen MR) is 117 cm³/mol. The van der Waals surface area contributed by atoms with E-state index in [9.17, 15) is 23.2 Å². The molecule has 0 saturated heterocycles. The first kappa shape index (κ1) is 22.0. The zero-order valence-electron chi connectivity index (χ0n) is 16.2. The molecule has 2 amide bonds. The summed E-state index contributed by atoms with van der Waals surface area (Å²) >= 11 is 6.93. The average Bonchev–Trinajstić information content (AvgIpc) is 2.75. The molecule has 3 aromatic rings. The fraction of sp³-hybridized carbons (Fsp3) is 0.143. The Morgan fingerprint density at radius 3 is 2.66 bits per heavy atom. The van der Waals surface area contributed by atoms with E-state index in [1.165, 1.54) is 36.0 Å². The Kier molecular flexibility index (Phi) is 6.24. The zero-order valence-corrected chi connectivity index (χ0v) is 17.8. The Morgan fingerprint density at radius 1 is 1.19 bits per heavy atom. The highest BCUT2D eigenvalue weighted by molar-refractivity contribution is 7.98. The number of hydrogen-bond acceptors (Lipinski definition) is 5. The first-order chi connectivity index (χ1) is 15.3. The highest BCUT2D eigenvalue weighted by Crippen LogP contribution is 2.31. The molecule has 0 bridgehead atoms. The second-order valence-electron chi connectivity index (χ2n) is 6.97. The lowest BCUT2D eigenvalue weighted by molar-refractivity contribution is -0.123. The minimum Gasteiger partial charge on any atom is -0.325 e. The summed E-state index contributed by atoms with van der Waals surface area (Å²) in [5, 5.41) is 5.14. The number of aromatic nitrogens is 2. The number of benzene rings is 2. The van der Waals surface area contributed by atoms with Gasteiger partial charge in [-0.1, -0.05) is 35.5 Å². The molecule has 0 aliphatic carbocycles. The van der Waals surface area contributed by atoms with Crippen molar-refractivity contribution in [3.63, 3.8) is 0 Å². The van der Waals surface area contributed by atoms with Crippen molar-refractivity contribution >= 4 is 46.7 Å². The lowest BCUT2D eigenvalue weighted by atomic mass is 9.92. The van der Waals surface area contributed by atoms with E-state index in [-0.39, 0.29) is 39.5 Å². The molecule has 11 heteroatoms. The summed E-state index contributed by atoms with van der Waals surface area (Å²) in [5.41, 5.74) is 0.510. The Hall–Kier alpha value is -3.24. The summed E-state index contributed by atoms with van der Waals surface area (Å²) in [6.07, 6.45) is -0.249. The summed E-state index contributed by atoms with van der Waals surface area (Å²) in [7, 11) is 0. The Bertz CT molecular complexity index is 1270. The van der Waals surface area contributed by atoms with Gasteiger partial charge in [-0.15, -0.1) is 0 Å². The molecule has 1 aliphatic rings. The maximum absolute atomic E-state index is 13.3. The van der Waals surface area contributed by atoms with Crippen LogP contribution >= 0.6 is 23.4 Å². The molecule has 1 aromatic heterocycles. The van der Waals surface area contributed by atoms with Crippen molar-refractivity contribution in [1.29, 1.82) is 0 Å². The molecule has 1 aliphatic heterocycles. The summed E-state index contributed by atoms with van der Waals surface area (Å²) in [4.78, 5) is 44.6. The third-order valence-electron chi connectivity index (χ3n) is 4.72. The van der Waals surface area contributed by atoms with Gasteiger partial charge in [-0.2, -0.15) is 0 Å². The van der Waals surface area contributed by atoms with Crippen molar-refractivity contribution in [2.24, 2.45) is 0 Å². The van der Waals surface area contributed by atoms with Crippen molar-refractivity contribution in [2.75, 3.05) is 10.6 Å². The van der Waals surface area contributed by atoms with Gasteiger partial charge in [0.1, 0.15) is 17.5 Å². The fourth-order valence-electron chi connectivity index (χ4n) is 3.18. The highest BCUT2D eigenvalue weighted by atomic mass is 35.5. The van der Waals surface area contributed by atoms with Crippen molar-refractivity contribution in [1.82, 2.24) is 9.97 Å². The first-order valence-corrected chi connectivity index (χ1v) is 10.7. The van der Waals surface area contributed by atoms with E-state index in [0.717, 1.165) is 11.6 Å². The zero-order chi connectivity index (χ0) is 22.8. The van der Waals surface area contributed by atoms with Crippen molar-refractivity contribution in [2.45, 2.75) is 23.2 Å². The van der Waals surface area contributed by atoms with Crippen LogP contribution in [-0.4, -0.2) is 21.8 Å². The van der Waals surface area contributed by atoms with Crippen molar-refractivity contribution in [3.05, 3.63) is 80.6 Å². The smallest absolute Gasteiger partial charge is 0.257 e. The van der Waals surface area contributed by atoms with Gasteiger partial charge in [-0.3, -0.25) is 14.4 Å². The number of fused-ring (bicyclic) bond motifs is 1. The third-order valence-corrected chi connectivity index (χ3v) is 5.96. The molecule has 4 rings (SSSR count). The lowest BCUT2D eigenvalue weighted by Gasteiger charge is -2.23. The van der Waals surface area contributed by atoms with E-state index in [1.54, 1.807) is 12.1 Å². The van der Waals surface area contributed by atoms with Crippen LogP contribution in [0, 0.1) is 11.6 Å². The third kappa shape index (κ3) is 4.81. The Labute approximate surface area is 189 Å². The Morgan fingerprint density at radius 2 is 1.94 bits per heavy atom. The number of nitrogens with zero attached hydrogens (tertiary/aromatic N) is 1. The van der Waals surface area contributed by atoms with Gasteiger partial charge in [0.2, 0.25) is 11.8 Å². The lowest BCUT2D eigenvalue weighted by Crippen LogP contribution is -2.36. The van der Waals surface area contributed by atoms with Crippen LogP contribution in [0.4, 0.5) is 20.3 Å². The number of anilines is 2. The number of nitrogens with one attached hydrogen (secondary N) is 3. The van der Waals surface area contributed by atoms with Crippen molar-refractivity contribution < 1.29 is 18.4 Å². The highest BCUT2D eigenvalue weighted by Gasteiger charge is 2.34. The van der Waals surface area contributed by atoms with Crippen LogP contribution in [0.5, 0.6) is 0 Å². The predicted octanol–water partition coefficient (Wildman–Crippen LogP) is 4.06. The normalized spacial score (nSPS) is 15.1. The van der Waals surface area contributed by atoms with Crippen LogP contribution in [-0.2, 0) is 15.3 Å². The van der Waals surface area contributed by atoms with Crippen LogP contribution in [0.2, 0.25) is 5.02 Å². The first-order valence-electron chi connectivity index (χ1n) is 9.37. The topological polar surface area (TPSA) is 104 Å². The summed E-state index contributed by atoms with van der Waals surface area (Å²) in [6.45, 7) is 0. The monoisotopic (exact) mass is 476 g/mol. The van der Waals surface area contributed by atoms with Gasteiger partial charge in [0, 0.05) is 17.9 Å². The number of carbonyl (C=O) groups excluding carboxylic acids is 2. The molecule has 0 saturated carbocycles. The number of rotatable bonds is 5. The SMILES string of the molecule is O=C1CC(C(=O)Nc2ccc(F)c(Cl)c2)c2c(nc(SCc3ccc(F)cc3)[nH]c2=O)N1. The van der Waals surface area contributed by atoms with Gasteiger partial charge in [-0.25, -0.2) is 13.8 Å². The second-order valence-corrected chi connectivity index (χ2v) is 8.34. The van der Waals surface area contributed by atoms with E-state index in [0.29, 0.717) is 5.75 Å². The number of amides is 2. The fourth-order valence-corrected chi connectivity index (χ4v) is 4.18. The number of H-pyrrole nitrogens is 1. The summed E-state index contributed by atoms with van der Waals surface area (Å²) < 4.78 is 26.4. The average molecular weight is 477 g/mol. The molecule has 164 valence electrons. The van der Waals surface area contributed by atoms with Crippen LogP contribution in [0.15, 0.2) is 52.4 Å². The van der Waals surface area contributed by atoms with Crippen molar-refractivity contribution in [3.8, 4) is 0 Å². The van der Waals surface area contributed by atoms with E-state index >= 15 is 0 Å². The number of halogens is 3. The molecule has 0 fully saturated rings. The molecule has 0 spiro atoms. The van der Waals surface area contributed by atoms with Gasteiger partial charge in [0.15, 0.2) is 5.16 Å². The number of carbonyl (C=O) groups is 2. The van der Waals surface area contributed by atoms with E-state index in [4.69, 9.17) is 11.6 Å². The molecule has 7 nitrogen and oxygen atoms in total. The van der Waals surface area contributed by atoms with E-state index < -0.39 is 29.1 Å². The van der Waals surface area contributed by atoms with Crippen LogP contribution in [0.1, 0.15) is 23.5 Å². The maximum atomic E-state index is 13.3. The quantitative estimate of drug-likeness (QED) is 0.380. The minimum absolute atomic E-state index is 0.00361.